The number of amides is 1. The number of carbonyl (C=O) groups excluding carboxylic acids is 1. The van der Waals surface area contributed by atoms with Gasteiger partial charge in [-0.15, -0.1) is 0 Å². The molecule has 3 aromatic rings. The van der Waals surface area contributed by atoms with Crippen LogP contribution in [-0.4, -0.2) is 32.3 Å². The number of aromatic carboxylic acids is 1. The van der Waals surface area contributed by atoms with Crippen LogP contribution in [0, 0.1) is 13.8 Å². The van der Waals surface area contributed by atoms with Gasteiger partial charge in [0.2, 0.25) is 5.91 Å². The molecule has 0 saturated carbocycles. The number of carboxylic acids is 1. The van der Waals surface area contributed by atoms with Crippen LogP contribution in [0.4, 0.5) is 5.69 Å². The molecule has 6 nitrogen and oxygen atoms in total. The van der Waals surface area contributed by atoms with Crippen molar-refractivity contribution in [2.45, 2.75) is 32.1 Å². The molecule has 31 heavy (non-hydrogen) atoms. The second kappa shape index (κ2) is 8.81. The maximum Gasteiger partial charge on any atom is 0.335 e. The molecule has 1 atom stereocenters. The molecule has 1 N–H and O–H groups in total. The largest absolute Gasteiger partial charge is 0.478 e. The van der Waals surface area contributed by atoms with E-state index >= 15 is 0 Å². The number of amidine groups is 1. The Morgan fingerprint density at radius 3 is 2.55 bits per heavy atom. The zero-order chi connectivity index (χ0) is 22.0. The third-order valence-electron chi connectivity index (χ3n) is 5.25. The van der Waals surface area contributed by atoms with E-state index in [2.05, 4.69) is 37.0 Å². The van der Waals surface area contributed by atoms with E-state index in [1.165, 1.54) is 35.0 Å². The molecule has 1 unspecified atom stereocenters. The summed E-state index contributed by atoms with van der Waals surface area (Å²) in [7, 11) is 0. The van der Waals surface area contributed by atoms with Crippen molar-refractivity contribution < 1.29 is 19.1 Å². The zero-order valence-electron chi connectivity index (χ0n) is 17.2. The number of benzene rings is 2. The fourth-order valence-corrected chi connectivity index (χ4v) is 4.56. The molecule has 4 rings (SSSR count). The number of carboxylic acid groups (broad SMARTS) is 1. The van der Waals surface area contributed by atoms with Gasteiger partial charge in [-0.05, 0) is 73.4 Å². The quantitative estimate of drug-likeness (QED) is 0.592. The predicted molar refractivity (Wildman–Crippen MR) is 121 cm³/mol. The highest BCUT2D eigenvalue weighted by Gasteiger charge is 2.38. The summed E-state index contributed by atoms with van der Waals surface area (Å²) in [5.74, 6) is -0.326. The highest BCUT2D eigenvalue weighted by atomic mass is 32.2. The highest BCUT2D eigenvalue weighted by molar-refractivity contribution is 8.15. The summed E-state index contributed by atoms with van der Waals surface area (Å²) < 4.78 is 5.44. The summed E-state index contributed by atoms with van der Waals surface area (Å²) in [5.41, 5.74) is 4.32. The van der Waals surface area contributed by atoms with Gasteiger partial charge in [0, 0.05) is 0 Å². The van der Waals surface area contributed by atoms with Crippen molar-refractivity contribution >= 4 is 34.5 Å². The molecule has 1 fully saturated rings. The number of rotatable bonds is 6. The van der Waals surface area contributed by atoms with Crippen LogP contribution in [0.25, 0.3) is 0 Å². The molecule has 0 aliphatic carbocycles. The summed E-state index contributed by atoms with van der Waals surface area (Å²) in [6, 6.07) is 16.2. The normalized spacial score (nSPS) is 17.5. The van der Waals surface area contributed by atoms with Gasteiger partial charge in [-0.25, -0.2) is 9.79 Å². The second-order valence-electron chi connectivity index (χ2n) is 7.48. The SMILES string of the molecule is Cc1ccc(CC2SC(=Nc3ccc(C(=O)O)cc3)N(Cc3ccco3)C2=O)cc1C. The molecule has 1 aromatic heterocycles. The molecule has 2 aromatic carbocycles. The van der Waals surface area contributed by atoms with Crippen LogP contribution >= 0.6 is 11.8 Å². The Labute approximate surface area is 184 Å². The van der Waals surface area contributed by atoms with Crippen LogP contribution in [-0.2, 0) is 17.8 Å². The topological polar surface area (TPSA) is 83.1 Å². The average molecular weight is 435 g/mol. The summed E-state index contributed by atoms with van der Waals surface area (Å²) in [6.45, 7) is 4.44. The number of aryl methyl sites for hydroxylation is 2. The lowest BCUT2D eigenvalue weighted by atomic mass is 10.0. The van der Waals surface area contributed by atoms with Crippen molar-refractivity contribution in [3.05, 3.63) is 88.9 Å². The molecule has 2 heterocycles. The number of hydrogen-bond acceptors (Lipinski definition) is 5. The number of hydrogen-bond donors (Lipinski definition) is 1. The van der Waals surface area contributed by atoms with Gasteiger partial charge in [-0.2, -0.15) is 0 Å². The van der Waals surface area contributed by atoms with Crippen LogP contribution in [0.3, 0.4) is 0 Å². The standard InChI is InChI=1S/C24H22N2O4S/c1-15-5-6-17(12-16(15)2)13-21-22(27)26(14-20-4-3-11-30-20)24(31-21)25-19-9-7-18(8-10-19)23(28)29/h3-12,21H,13-14H2,1-2H3,(H,28,29). The van der Waals surface area contributed by atoms with Gasteiger partial charge in [0.15, 0.2) is 5.17 Å². The maximum absolute atomic E-state index is 13.2. The van der Waals surface area contributed by atoms with Gasteiger partial charge in [-0.1, -0.05) is 30.0 Å². The fraction of sp³-hybridized carbons (Fsp3) is 0.208. The average Bonchev–Trinajstić information content (AvgIpc) is 3.36. The number of aliphatic imine (C=N–C) groups is 1. The highest BCUT2D eigenvalue weighted by Crippen LogP contribution is 2.33. The van der Waals surface area contributed by atoms with E-state index in [-0.39, 0.29) is 16.7 Å². The van der Waals surface area contributed by atoms with Gasteiger partial charge >= 0.3 is 5.97 Å². The van der Waals surface area contributed by atoms with Crippen LogP contribution in [0.5, 0.6) is 0 Å². The van der Waals surface area contributed by atoms with Gasteiger partial charge in [0.25, 0.3) is 0 Å². The predicted octanol–water partition coefficient (Wildman–Crippen LogP) is 4.97. The molecule has 0 bridgehead atoms. The van der Waals surface area contributed by atoms with Gasteiger partial charge in [0.05, 0.1) is 29.3 Å². The van der Waals surface area contributed by atoms with Gasteiger partial charge in [-0.3, -0.25) is 9.69 Å². The number of furan rings is 1. The first-order valence-corrected chi connectivity index (χ1v) is 10.8. The Morgan fingerprint density at radius 1 is 1.13 bits per heavy atom. The Kier molecular flexibility index (Phi) is 5.95. The lowest BCUT2D eigenvalue weighted by molar-refractivity contribution is -0.126. The van der Waals surface area contributed by atoms with Crippen molar-refractivity contribution in [3.8, 4) is 0 Å². The minimum Gasteiger partial charge on any atom is -0.478 e. The smallest absolute Gasteiger partial charge is 0.335 e. The van der Waals surface area contributed by atoms with Crippen molar-refractivity contribution in [2.75, 3.05) is 0 Å². The lowest BCUT2D eigenvalue weighted by Crippen LogP contribution is -2.32. The first kappa shape index (κ1) is 20.9. The third-order valence-corrected chi connectivity index (χ3v) is 6.42. The summed E-state index contributed by atoms with van der Waals surface area (Å²) in [5, 5.41) is 9.39. The first-order chi connectivity index (χ1) is 14.9. The minimum atomic E-state index is -0.988. The Morgan fingerprint density at radius 2 is 1.90 bits per heavy atom. The lowest BCUT2D eigenvalue weighted by Gasteiger charge is -2.15. The molecule has 0 radical (unpaired) electrons. The van der Waals surface area contributed by atoms with E-state index < -0.39 is 5.97 Å². The summed E-state index contributed by atoms with van der Waals surface area (Å²) in [4.78, 5) is 30.6. The molecule has 1 aliphatic heterocycles. The van der Waals surface area contributed by atoms with E-state index in [1.807, 2.05) is 6.07 Å². The Bertz CT molecular complexity index is 1140. The van der Waals surface area contributed by atoms with E-state index in [0.717, 1.165) is 5.56 Å². The number of nitrogens with zero attached hydrogens (tertiary/aromatic N) is 2. The Hall–Kier alpha value is -3.32. The molecule has 0 spiro atoms. The van der Waals surface area contributed by atoms with E-state index in [0.29, 0.717) is 29.6 Å². The van der Waals surface area contributed by atoms with Gasteiger partial charge < -0.3 is 9.52 Å². The Balaban J connectivity index is 1.61. The number of thioether (sulfide) groups is 1. The van der Waals surface area contributed by atoms with E-state index in [9.17, 15) is 9.59 Å². The maximum atomic E-state index is 13.2. The molecule has 1 aliphatic rings. The summed E-state index contributed by atoms with van der Waals surface area (Å²) in [6.07, 6.45) is 2.19. The molecule has 1 saturated heterocycles. The minimum absolute atomic E-state index is 0.0134. The third kappa shape index (κ3) is 4.72. The summed E-state index contributed by atoms with van der Waals surface area (Å²) >= 11 is 1.43. The molecule has 7 heteroatoms. The van der Waals surface area contributed by atoms with E-state index in [4.69, 9.17) is 9.52 Å². The molecular formula is C24H22N2O4S. The van der Waals surface area contributed by atoms with E-state index in [1.54, 1.807) is 29.4 Å². The molecular weight excluding hydrogens is 412 g/mol. The monoisotopic (exact) mass is 434 g/mol. The molecule has 158 valence electrons. The van der Waals surface area contributed by atoms with Crippen molar-refractivity contribution in [1.82, 2.24) is 4.90 Å². The zero-order valence-corrected chi connectivity index (χ0v) is 18.1. The van der Waals surface area contributed by atoms with Gasteiger partial charge in [0.1, 0.15) is 5.76 Å². The molecule has 1 amide bonds. The van der Waals surface area contributed by atoms with Crippen LogP contribution in [0.15, 0.2) is 70.3 Å². The van der Waals surface area contributed by atoms with Crippen molar-refractivity contribution in [3.63, 3.8) is 0 Å². The fourth-order valence-electron chi connectivity index (χ4n) is 3.36. The van der Waals surface area contributed by atoms with Crippen LogP contribution < -0.4 is 0 Å². The first-order valence-electron chi connectivity index (χ1n) is 9.89. The van der Waals surface area contributed by atoms with Crippen molar-refractivity contribution in [1.29, 1.82) is 0 Å². The van der Waals surface area contributed by atoms with Crippen LogP contribution in [0.1, 0.15) is 32.8 Å². The second-order valence-corrected chi connectivity index (χ2v) is 8.65. The van der Waals surface area contributed by atoms with Crippen LogP contribution in [0.2, 0.25) is 0 Å². The number of carbonyl (C=O) groups is 2. The van der Waals surface area contributed by atoms with Crippen molar-refractivity contribution in [2.24, 2.45) is 4.99 Å².